The van der Waals surface area contributed by atoms with Gasteiger partial charge in [-0.15, -0.1) is 11.3 Å². The van der Waals surface area contributed by atoms with Crippen LogP contribution in [0.2, 0.25) is 0 Å². The second-order valence-electron chi connectivity index (χ2n) is 4.07. The Labute approximate surface area is 108 Å². The van der Waals surface area contributed by atoms with Gasteiger partial charge in [-0.25, -0.2) is 9.78 Å². The fraction of sp³-hybridized carbons (Fsp3) is 0.545. The molecule has 0 atom stereocenters. The number of ether oxygens (including phenoxy) is 1. The van der Waals surface area contributed by atoms with Crippen LogP contribution in [0.1, 0.15) is 33.1 Å². The highest BCUT2D eigenvalue weighted by Crippen LogP contribution is 2.28. The van der Waals surface area contributed by atoms with Crippen LogP contribution >= 0.6 is 11.3 Å². The summed E-state index contributed by atoms with van der Waals surface area (Å²) in [6, 6.07) is 0.254. The van der Waals surface area contributed by atoms with Crippen LogP contribution in [0.4, 0.5) is 0 Å². The molecular weight excluding hydrogens is 256 g/mol. The van der Waals surface area contributed by atoms with Crippen LogP contribution in [-0.2, 0) is 4.74 Å². The summed E-state index contributed by atoms with van der Waals surface area (Å²) in [4.78, 5) is 28.5. The normalized spacial score (nSPS) is 14.5. The van der Waals surface area contributed by atoms with Crippen molar-refractivity contribution in [2.24, 2.45) is 0 Å². The van der Waals surface area contributed by atoms with E-state index in [2.05, 4.69) is 4.98 Å². The number of carbonyl (C=O) groups excluding carboxylic acids is 1. The smallest absolute Gasteiger partial charge is 0.355 e. The summed E-state index contributed by atoms with van der Waals surface area (Å²) in [5.41, 5.74) is -0.0779. The molecule has 1 aliphatic carbocycles. The zero-order valence-corrected chi connectivity index (χ0v) is 10.8. The molecule has 1 N–H and O–H groups in total. The zero-order chi connectivity index (χ0) is 13.1. The molecule has 0 unspecified atom stereocenters. The number of nitrogens with zero attached hydrogens (tertiary/aromatic N) is 2. The Balaban J connectivity index is 2.09. The minimum absolute atomic E-state index is 0.0779. The van der Waals surface area contributed by atoms with E-state index in [0.29, 0.717) is 13.2 Å². The summed E-state index contributed by atoms with van der Waals surface area (Å²) in [6.07, 6.45) is 1.99. The summed E-state index contributed by atoms with van der Waals surface area (Å²) in [5, 5.41) is 10.4. The Morgan fingerprint density at radius 2 is 2.33 bits per heavy atom. The molecule has 1 amide bonds. The lowest BCUT2D eigenvalue weighted by molar-refractivity contribution is 0.0678. The van der Waals surface area contributed by atoms with E-state index in [4.69, 9.17) is 9.84 Å². The van der Waals surface area contributed by atoms with Gasteiger partial charge in [0.15, 0.2) is 10.7 Å². The molecule has 0 spiro atoms. The maximum atomic E-state index is 12.2. The van der Waals surface area contributed by atoms with Gasteiger partial charge in [0.05, 0.1) is 6.61 Å². The molecule has 1 aromatic heterocycles. The van der Waals surface area contributed by atoms with E-state index in [-0.39, 0.29) is 22.7 Å². The SMILES string of the molecule is COCCN(C(=O)c1nc(C(=O)O)cs1)C1CC1. The fourth-order valence-corrected chi connectivity index (χ4v) is 2.36. The third-order valence-electron chi connectivity index (χ3n) is 2.69. The predicted molar refractivity (Wildman–Crippen MR) is 65.0 cm³/mol. The molecule has 0 aliphatic heterocycles. The number of carboxylic acids is 1. The molecule has 1 fully saturated rings. The van der Waals surface area contributed by atoms with Gasteiger partial charge >= 0.3 is 5.97 Å². The monoisotopic (exact) mass is 270 g/mol. The first-order valence-corrected chi connectivity index (χ1v) is 6.50. The van der Waals surface area contributed by atoms with Gasteiger partial charge in [-0.3, -0.25) is 4.79 Å². The number of hydrogen-bond donors (Lipinski definition) is 1. The van der Waals surface area contributed by atoms with Crippen LogP contribution in [0.5, 0.6) is 0 Å². The first-order valence-electron chi connectivity index (χ1n) is 5.62. The van der Waals surface area contributed by atoms with Crippen LogP contribution in [0.25, 0.3) is 0 Å². The number of aromatic nitrogens is 1. The topological polar surface area (TPSA) is 79.7 Å². The lowest BCUT2D eigenvalue weighted by Gasteiger charge is -2.20. The third kappa shape index (κ3) is 2.85. The fourth-order valence-electron chi connectivity index (χ4n) is 1.62. The van der Waals surface area contributed by atoms with Crippen LogP contribution in [0, 0.1) is 0 Å². The Morgan fingerprint density at radius 3 is 2.83 bits per heavy atom. The van der Waals surface area contributed by atoms with Crippen molar-refractivity contribution < 1.29 is 19.4 Å². The maximum Gasteiger partial charge on any atom is 0.355 e. The van der Waals surface area contributed by atoms with E-state index < -0.39 is 5.97 Å². The lowest BCUT2D eigenvalue weighted by atomic mass is 10.4. The van der Waals surface area contributed by atoms with Crippen molar-refractivity contribution in [3.8, 4) is 0 Å². The van der Waals surface area contributed by atoms with E-state index in [1.54, 1.807) is 12.0 Å². The van der Waals surface area contributed by atoms with Gasteiger partial charge in [0.25, 0.3) is 5.91 Å². The Hall–Kier alpha value is -1.47. The minimum Gasteiger partial charge on any atom is -0.476 e. The molecule has 6 nitrogen and oxygen atoms in total. The molecule has 0 radical (unpaired) electrons. The van der Waals surface area contributed by atoms with Gasteiger partial charge in [-0.05, 0) is 12.8 Å². The van der Waals surface area contributed by atoms with E-state index in [1.807, 2.05) is 0 Å². The summed E-state index contributed by atoms with van der Waals surface area (Å²) in [7, 11) is 1.58. The first-order chi connectivity index (χ1) is 8.63. The Kier molecular flexibility index (Phi) is 3.93. The molecule has 1 heterocycles. The van der Waals surface area contributed by atoms with Crippen LogP contribution in [0.15, 0.2) is 5.38 Å². The summed E-state index contributed by atoms with van der Waals surface area (Å²) in [5.74, 6) is -1.31. The van der Waals surface area contributed by atoms with Gasteiger partial charge in [0.1, 0.15) is 0 Å². The Morgan fingerprint density at radius 1 is 1.61 bits per heavy atom. The number of hydrogen-bond acceptors (Lipinski definition) is 5. The summed E-state index contributed by atoms with van der Waals surface area (Å²) >= 11 is 1.07. The van der Waals surface area contributed by atoms with Crippen LogP contribution in [-0.4, -0.2) is 53.2 Å². The zero-order valence-electron chi connectivity index (χ0n) is 9.96. The second-order valence-corrected chi connectivity index (χ2v) is 4.92. The number of methoxy groups -OCH3 is 1. The molecular formula is C11H14N2O4S. The van der Waals surface area contributed by atoms with E-state index in [0.717, 1.165) is 24.2 Å². The van der Waals surface area contributed by atoms with Crippen molar-refractivity contribution >= 4 is 23.2 Å². The summed E-state index contributed by atoms with van der Waals surface area (Å²) < 4.78 is 4.97. The van der Waals surface area contributed by atoms with E-state index in [9.17, 15) is 9.59 Å². The molecule has 0 bridgehead atoms. The maximum absolute atomic E-state index is 12.2. The second kappa shape index (κ2) is 5.45. The molecule has 0 saturated heterocycles. The molecule has 1 aromatic rings. The van der Waals surface area contributed by atoms with Gasteiger partial charge in [-0.2, -0.15) is 0 Å². The largest absolute Gasteiger partial charge is 0.476 e. The van der Waals surface area contributed by atoms with E-state index in [1.165, 1.54) is 5.38 Å². The molecule has 7 heteroatoms. The van der Waals surface area contributed by atoms with Crippen molar-refractivity contribution in [2.45, 2.75) is 18.9 Å². The van der Waals surface area contributed by atoms with Crippen LogP contribution in [0.3, 0.4) is 0 Å². The molecule has 2 rings (SSSR count). The van der Waals surface area contributed by atoms with Gasteiger partial charge in [0.2, 0.25) is 0 Å². The van der Waals surface area contributed by atoms with Gasteiger partial charge in [-0.1, -0.05) is 0 Å². The molecule has 0 aromatic carbocycles. The van der Waals surface area contributed by atoms with Crippen molar-refractivity contribution in [1.82, 2.24) is 9.88 Å². The van der Waals surface area contributed by atoms with Crippen molar-refractivity contribution in [2.75, 3.05) is 20.3 Å². The number of amides is 1. The number of aromatic carboxylic acids is 1. The highest BCUT2D eigenvalue weighted by molar-refractivity contribution is 7.11. The van der Waals surface area contributed by atoms with Crippen LogP contribution < -0.4 is 0 Å². The van der Waals surface area contributed by atoms with Crippen molar-refractivity contribution in [1.29, 1.82) is 0 Å². The Bertz CT molecular complexity index is 456. The molecule has 1 aliphatic rings. The van der Waals surface area contributed by atoms with Gasteiger partial charge in [0, 0.05) is 25.1 Å². The number of thiazole rings is 1. The van der Waals surface area contributed by atoms with E-state index >= 15 is 0 Å². The quantitative estimate of drug-likeness (QED) is 0.837. The summed E-state index contributed by atoms with van der Waals surface area (Å²) in [6.45, 7) is 0.987. The number of carbonyl (C=O) groups is 2. The van der Waals surface area contributed by atoms with Crippen molar-refractivity contribution in [3.63, 3.8) is 0 Å². The predicted octanol–water partition coefficient (Wildman–Crippen LogP) is 1.09. The average Bonchev–Trinajstić information content (AvgIpc) is 3.05. The first kappa shape index (κ1) is 13.0. The average molecular weight is 270 g/mol. The lowest BCUT2D eigenvalue weighted by Crippen LogP contribution is -2.35. The number of rotatable bonds is 6. The van der Waals surface area contributed by atoms with Gasteiger partial charge < -0.3 is 14.7 Å². The standard InChI is InChI=1S/C11H14N2O4S/c1-17-5-4-13(7-2-3-7)10(14)9-12-8(6-18-9)11(15)16/h6-7H,2-5H2,1H3,(H,15,16). The molecule has 18 heavy (non-hydrogen) atoms. The highest BCUT2D eigenvalue weighted by Gasteiger charge is 2.34. The molecule has 1 saturated carbocycles. The third-order valence-corrected chi connectivity index (χ3v) is 3.52. The number of carboxylic acid groups (broad SMARTS) is 1. The van der Waals surface area contributed by atoms with Crippen molar-refractivity contribution in [3.05, 3.63) is 16.1 Å². The highest BCUT2D eigenvalue weighted by atomic mass is 32.1. The molecule has 98 valence electrons. The minimum atomic E-state index is -1.11.